The molecule has 0 saturated carbocycles. The summed E-state index contributed by atoms with van der Waals surface area (Å²) in [5.74, 6) is -0.314. The summed E-state index contributed by atoms with van der Waals surface area (Å²) >= 11 is 6.74. The summed E-state index contributed by atoms with van der Waals surface area (Å²) in [5.41, 5.74) is 0.128. The van der Waals surface area contributed by atoms with Crippen LogP contribution in [-0.2, 0) is 10.8 Å². The number of amides is 1. The van der Waals surface area contributed by atoms with E-state index in [1.807, 2.05) is 0 Å². The maximum absolute atomic E-state index is 12.4. The van der Waals surface area contributed by atoms with Gasteiger partial charge in [-0.15, -0.1) is 5.10 Å². The molecule has 0 bridgehead atoms. The lowest BCUT2D eigenvalue weighted by Gasteiger charge is -2.08. The molecule has 0 spiro atoms. The Balaban J connectivity index is 2.37. The summed E-state index contributed by atoms with van der Waals surface area (Å²) in [6.45, 7) is 0. The molecule has 1 atom stereocenters. The topological polar surface area (TPSA) is 63.2 Å². The van der Waals surface area contributed by atoms with Gasteiger partial charge in [0.15, 0.2) is 9.90 Å². The van der Waals surface area contributed by atoms with Crippen molar-refractivity contribution < 1.29 is 9.00 Å². The highest BCUT2D eigenvalue weighted by atomic mass is 35.5. The Kier molecular flexibility index (Phi) is 4.28. The largest absolute Gasteiger partial charge is 0.343 e. The number of carbonyl (C=O) groups is 1. The first kappa shape index (κ1) is 14.1. The Morgan fingerprint density at radius 2 is 1.95 bits per heavy atom. The van der Waals surface area contributed by atoms with Crippen LogP contribution in [-0.4, -0.2) is 38.7 Å². The average molecular weight is 316 g/mol. The highest BCUT2D eigenvalue weighted by molar-refractivity contribution is 7.87. The van der Waals surface area contributed by atoms with Crippen LogP contribution in [0.2, 0.25) is 5.02 Å². The molecule has 2 aromatic rings. The summed E-state index contributed by atoms with van der Waals surface area (Å²) < 4.78 is 16.5. The number of carbonyl (C=O) groups excluding carboxylic acids is 1. The summed E-state index contributed by atoms with van der Waals surface area (Å²) in [6, 6.07) is 6.61. The van der Waals surface area contributed by atoms with Gasteiger partial charge in [0.2, 0.25) is 0 Å². The number of aromatic nitrogens is 2. The van der Waals surface area contributed by atoms with Gasteiger partial charge in [0.25, 0.3) is 5.91 Å². The van der Waals surface area contributed by atoms with E-state index in [4.69, 9.17) is 11.6 Å². The van der Waals surface area contributed by atoms with Crippen LogP contribution >= 0.6 is 23.1 Å². The van der Waals surface area contributed by atoms with Gasteiger partial charge in [0.1, 0.15) is 0 Å². The molecule has 0 saturated heterocycles. The average Bonchev–Trinajstić information content (AvgIpc) is 2.86. The molecule has 0 aliphatic carbocycles. The van der Waals surface area contributed by atoms with Gasteiger partial charge < -0.3 is 4.90 Å². The molecular formula is C11H10ClN3O2S2. The van der Waals surface area contributed by atoms with Crippen LogP contribution in [0.15, 0.2) is 33.4 Å². The quantitative estimate of drug-likeness (QED) is 0.869. The van der Waals surface area contributed by atoms with Crippen molar-refractivity contribution in [2.75, 3.05) is 14.1 Å². The van der Waals surface area contributed by atoms with E-state index in [1.54, 1.807) is 38.4 Å². The van der Waals surface area contributed by atoms with Crippen LogP contribution in [0.1, 0.15) is 10.5 Å². The summed E-state index contributed by atoms with van der Waals surface area (Å²) in [7, 11) is 1.73. The Bertz CT molecular complexity index is 625. The third kappa shape index (κ3) is 2.99. The number of halogens is 1. The van der Waals surface area contributed by atoms with Gasteiger partial charge in [-0.2, -0.15) is 0 Å². The molecule has 1 aromatic heterocycles. The molecule has 8 heteroatoms. The van der Waals surface area contributed by atoms with Crippen LogP contribution in [0.25, 0.3) is 0 Å². The van der Waals surface area contributed by atoms with Gasteiger partial charge in [-0.3, -0.25) is 4.79 Å². The zero-order valence-electron chi connectivity index (χ0n) is 10.2. The van der Waals surface area contributed by atoms with Crippen molar-refractivity contribution in [1.29, 1.82) is 0 Å². The second kappa shape index (κ2) is 5.77. The van der Waals surface area contributed by atoms with E-state index in [9.17, 15) is 9.00 Å². The lowest BCUT2D eigenvalue weighted by atomic mass is 10.4. The fourth-order valence-corrected chi connectivity index (χ4v) is 3.41. The van der Waals surface area contributed by atoms with E-state index in [-0.39, 0.29) is 11.6 Å². The maximum Gasteiger partial charge on any atom is 0.276 e. The van der Waals surface area contributed by atoms with Crippen LogP contribution in [0.4, 0.5) is 0 Å². The van der Waals surface area contributed by atoms with Crippen molar-refractivity contribution in [3.63, 3.8) is 0 Å². The molecule has 1 amide bonds. The molecular weight excluding hydrogens is 306 g/mol. The van der Waals surface area contributed by atoms with Crippen molar-refractivity contribution in [2.24, 2.45) is 0 Å². The van der Waals surface area contributed by atoms with Crippen molar-refractivity contribution in [1.82, 2.24) is 14.5 Å². The first-order chi connectivity index (χ1) is 9.00. The molecule has 19 heavy (non-hydrogen) atoms. The number of benzene rings is 1. The van der Waals surface area contributed by atoms with E-state index >= 15 is 0 Å². The molecule has 1 aromatic carbocycles. The van der Waals surface area contributed by atoms with E-state index in [2.05, 4.69) is 9.59 Å². The number of rotatable bonds is 3. The Labute approximate surface area is 121 Å². The van der Waals surface area contributed by atoms with E-state index in [0.717, 1.165) is 11.5 Å². The van der Waals surface area contributed by atoms with Gasteiger partial charge >= 0.3 is 0 Å². The molecule has 0 aliphatic heterocycles. The van der Waals surface area contributed by atoms with Gasteiger partial charge in [-0.05, 0) is 35.8 Å². The van der Waals surface area contributed by atoms with Gasteiger partial charge in [-0.25, -0.2) is 4.21 Å². The monoisotopic (exact) mass is 315 g/mol. The van der Waals surface area contributed by atoms with E-state index in [0.29, 0.717) is 14.1 Å². The molecule has 100 valence electrons. The van der Waals surface area contributed by atoms with Gasteiger partial charge in [0, 0.05) is 24.0 Å². The lowest BCUT2D eigenvalue weighted by Crippen LogP contribution is -2.23. The smallest absolute Gasteiger partial charge is 0.276 e. The Morgan fingerprint density at radius 3 is 2.53 bits per heavy atom. The SMILES string of the molecule is CN(C)C(=O)c1nnsc1[S@](=O)c1ccc(Cl)cc1. The molecule has 2 rings (SSSR count). The van der Waals surface area contributed by atoms with Crippen LogP contribution in [0.3, 0.4) is 0 Å². The standard InChI is InChI=1S/C11H10ClN3O2S2/c1-15(2)10(16)9-11(18-14-13-9)19(17)8-5-3-7(12)4-6-8/h3-6H,1-2H3/t19-/m1/s1. The predicted octanol–water partition coefficient (Wildman–Crippen LogP) is 2.06. The Morgan fingerprint density at radius 1 is 1.32 bits per heavy atom. The zero-order chi connectivity index (χ0) is 14.0. The van der Waals surface area contributed by atoms with E-state index in [1.165, 1.54) is 4.90 Å². The van der Waals surface area contributed by atoms with Crippen molar-refractivity contribution in [2.45, 2.75) is 9.10 Å². The molecule has 5 nitrogen and oxygen atoms in total. The number of hydrogen-bond donors (Lipinski definition) is 0. The highest BCUT2D eigenvalue weighted by Crippen LogP contribution is 2.24. The van der Waals surface area contributed by atoms with Crippen LogP contribution in [0.5, 0.6) is 0 Å². The van der Waals surface area contributed by atoms with Gasteiger partial charge in [0.05, 0.1) is 10.8 Å². The van der Waals surface area contributed by atoms with Gasteiger partial charge in [-0.1, -0.05) is 16.1 Å². The minimum atomic E-state index is -1.49. The molecule has 0 unspecified atom stereocenters. The molecule has 0 N–H and O–H groups in total. The predicted molar refractivity (Wildman–Crippen MR) is 74.1 cm³/mol. The molecule has 0 aliphatic rings. The summed E-state index contributed by atoms with van der Waals surface area (Å²) in [4.78, 5) is 13.8. The fourth-order valence-electron chi connectivity index (χ4n) is 1.31. The minimum absolute atomic E-state index is 0.128. The highest BCUT2D eigenvalue weighted by Gasteiger charge is 2.23. The van der Waals surface area contributed by atoms with Crippen molar-refractivity contribution >= 4 is 39.8 Å². The second-order valence-electron chi connectivity index (χ2n) is 3.83. The first-order valence-corrected chi connectivity index (χ1v) is 7.52. The second-order valence-corrected chi connectivity index (χ2v) is 6.70. The third-order valence-electron chi connectivity index (χ3n) is 2.26. The first-order valence-electron chi connectivity index (χ1n) is 5.22. The number of hydrogen-bond acceptors (Lipinski definition) is 5. The van der Waals surface area contributed by atoms with Crippen molar-refractivity contribution in [3.8, 4) is 0 Å². The third-order valence-corrected chi connectivity index (χ3v) is 4.95. The molecule has 0 radical (unpaired) electrons. The minimum Gasteiger partial charge on any atom is -0.343 e. The maximum atomic E-state index is 12.4. The van der Waals surface area contributed by atoms with Crippen LogP contribution < -0.4 is 0 Å². The van der Waals surface area contributed by atoms with E-state index < -0.39 is 10.8 Å². The molecule has 1 heterocycles. The molecule has 0 fully saturated rings. The summed E-state index contributed by atoms with van der Waals surface area (Å²) in [5, 5.41) is 4.32. The Hall–Kier alpha value is -1.31. The van der Waals surface area contributed by atoms with Crippen LogP contribution in [0, 0.1) is 0 Å². The normalized spacial score (nSPS) is 12.2. The zero-order valence-corrected chi connectivity index (χ0v) is 12.6. The lowest BCUT2D eigenvalue weighted by molar-refractivity contribution is 0.0818. The number of nitrogens with zero attached hydrogens (tertiary/aromatic N) is 3. The summed E-state index contributed by atoms with van der Waals surface area (Å²) in [6.07, 6.45) is 0. The van der Waals surface area contributed by atoms with Crippen molar-refractivity contribution in [3.05, 3.63) is 35.0 Å². The fraction of sp³-hybridized carbons (Fsp3) is 0.182.